The zero-order valence-corrected chi connectivity index (χ0v) is 10.2. The van der Waals surface area contributed by atoms with Crippen LogP contribution in [0.4, 0.5) is 0 Å². The SMILES string of the molecule is O=C(CN1CC2CCCC2C1)C1CCCC1. The highest BCUT2D eigenvalue weighted by molar-refractivity contribution is 5.83. The summed E-state index contributed by atoms with van der Waals surface area (Å²) in [6.45, 7) is 3.18. The number of Topliss-reactive ketones (excluding diaryl/α,β-unsaturated/α-hetero) is 1. The smallest absolute Gasteiger partial charge is 0.149 e. The van der Waals surface area contributed by atoms with Crippen molar-refractivity contribution in [2.75, 3.05) is 19.6 Å². The van der Waals surface area contributed by atoms with Crippen molar-refractivity contribution in [1.29, 1.82) is 0 Å². The van der Waals surface area contributed by atoms with E-state index in [0.717, 1.165) is 18.4 Å². The zero-order valence-electron chi connectivity index (χ0n) is 10.2. The summed E-state index contributed by atoms with van der Waals surface area (Å²) in [5.74, 6) is 2.81. The summed E-state index contributed by atoms with van der Waals surface area (Å²) < 4.78 is 0. The number of carbonyl (C=O) groups excluding carboxylic acids is 1. The monoisotopic (exact) mass is 221 g/mol. The highest BCUT2D eigenvalue weighted by Crippen LogP contribution is 2.37. The van der Waals surface area contributed by atoms with Crippen LogP contribution >= 0.6 is 0 Å². The minimum Gasteiger partial charge on any atom is -0.298 e. The van der Waals surface area contributed by atoms with Crippen molar-refractivity contribution >= 4 is 5.78 Å². The predicted octanol–water partition coefficient (Wildman–Crippen LogP) is 2.48. The van der Waals surface area contributed by atoms with Crippen LogP contribution in [-0.2, 0) is 4.79 Å². The van der Waals surface area contributed by atoms with E-state index in [0.29, 0.717) is 11.7 Å². The number of hydrogen-bond donors (Lipinski definition) is 0. The van der Waals surface area contributed by atoms with Crippen molar-refractivity contribution < 1.29 is 4.79 Å². The van der Waals surface area contributed by atoms with Crippen molar-refractivity contribution in [2.24, 2.45) is 17.8 Å². The molecule has 16 heavy (non-hydrogen) atoms. The molecule has 2 heteroatoms. The fourth-order valence-electron chi connectivity index (χ4n) is 4.06. The molecule has 0 aromatic carbocycles. The summed E-state index contributed by atoms with van der Waals surface area (Å²) in [6.07, 6.45) is 9.15. The molecule has 0 amide bonds. The molecule has 1 aliphatic heterocycles. The highest BCUT2D eigenvalue weighted by Gasteiger charge is 2.37. The van der Waals surface area contributed by atoms with Gasteiger partial charge in [0.25, 0.3) is 0 Å². The fourth-order valence-corrected chi connectivity index (χ4v) is 4.06. The quantitative estimate of drug-likeness (QED) is 0.729. The average Bonchev–Trinajstić information content (AvgIpc) is 2.91. The molecule has 2 unspecified atom stereocenters. The van der Waals surface area contributed by atoms with Crippen LogP contribution in [0.25, 0.3) is 0 Å². The Morgan fingerprint density at radius 2 is 1.56 bits per heavy atom. The Morgan fingerprint density at radius 3 is 2.19 bits per heavy atom. The average molecular weight is 221 g/mol. The van der Waals surface area contributed by atoms with Gasteiger partial charge in [-0.2, -0.15) is 0 Å². The van der Waals surface area contributed by atoms with E-state index in [1.165, 1.54) is 58.0 Å². The van der Waals surface area contributed by atoms with Crippen molar-refractivity contribution in [1.82, 2.24) is 4.90 Å². The Hall–Kier alpha value is -0.370. The van der Waals surface area contributed by atoms with Crippen LogP contribution in [0, 0.1) is 17.8 Å². The lowest BCUT2D eigenvalue weighted by atomic mass is 10.0. The second kappa shape index (κ2) is 4.48. The molecule has 0 radical (unpaired) electrons. The molecule has 3 aliphatic rings. The van der Waals surface area contributed by atoms with Gasteiger partial charge in [0.15, 0.2) is 0 Å². The van der Waals surface area contributed by atoms with Crippen molar-refractivity contribution in [2.45, 2.75) is 44.9 Å². The molecular formula is C14H23NO. The molecule has 0 aromatic heterocycles. The largest absolute Gasteiger partial charge is 0.298 e. The Bertz CT molecular complexity index is 258. The van der Waals surface area contributed by atoms with Gasteiger partial charge in [0, 0.05) is 19.0 Å². The molecule has 0 spiro atoms. The molecule has 90 valence electrons. The normalized spacial score (nSPS) is 35.8. The maximum absolute atomic E-state index is 12.1. The van der Waals surface area contributed by atoms with Crippen LogP contribution in [0.3, 0.4) is 0 Å². The van der Waals surface area contributed by atoms with Gasteiger partial charge >= 0.3 is 0 Å². The highest BCUT2D eigenvalue weighted by atomic mass is 16.1. The van der Waals surface area contributed by atoms with Gasteiger partial charge in [0.1, 0.15) is 5.78 Å². The van der Waals surface area contributed by atoms with Crippen LogP contribution < -0.4 is 0 Å². The second-order valence-corrected chi connectivity index (χ2v) is 6.09. The molecule has 1 heterocycles. The molecule has 0 N–H and O–H groups in total. The van der Waals surface area contributed by atoms with Crippen molar-refractivity contribution in [3.05, 3.63) is 0 Å². The van der Waals surface area contributed by atoms with Crippen molar-refractivity contribution in [3.8, 4) is 0 Å². The summed E-state index contributed by atoms with van der Waals surface area (Å²) in [4.78, 5) is 14.5. The van der Waals surface area contributed by atoms with E-state index in [4.69, 9.17) is 0 Å². The first kappa shape index (κ1) is 10.8. The number of rotatable bonds is 3. The first-order chi connectivity index (χ1) is 7.83. The maximum atomic E-state index is 12.1. The molecule has 2 nitrogen and oxygen atoms in total. The molecule has 0 aromatic rings. The lowest BCUT2D eigenvalue weighted by Crippen LogP contribution is -2.31. The first-order valence-corrected chi connectivity index (χ1v) is 7.08. The molecule has 0 bridgehead atoms. The Balaban J connectivity index is 1.50. The van der Waals surface area contributed by atoms with E-state index in [9.17, 15) is 4.79 Å². The second-order valence-electron chi connectivity index (χ2n) is 6.09. The molecule has 2 saturated carbocycles. The standard InChI is InChI=1S/C14H23NO/c16-14(11-4-1-2-5-11)10-15-8-12-6-3-7-13(12)9-15/h11-13H,1-10H2. The molecule has 3 fully saturated rings. The van der Waals surface area contributed by atoms with Gasteiger partial charge < -0.3 is 0 Å². The van der Waals surface area contributed by atoms with Gasteiger partial charge in [-0.3, -0.25) is 9.69 Å². The van der Waals surface area contributed by atoms with Crippen LogP contribution in [0.15, 0.2) is 0 Å². The van der Waals surface area contributed by atoms with Crippen LogP contribution in [0.5, 0.6) is 0 Å². The molecule has 2 atom stereocenters. The summed E-state index contributed by atoms with van der Waals surface area (Å²) in [7, 11) is 0. The maximum Gasteiger partial charge on any atom is 0.149 e. The fraction of sp³-hybridized carbons (Fsp3) is 0.929. The third kappa shape index (κ3) is 2.04. The summed E-state index contributed by atoms with van der Waals surface area (Å²) in [5, 5.41) is 0. The van der Waals surface area contributed by atoms with E-state index < -0.39 is 0 Å². The summed E-state index contributed by atoms with van der Waals surface area (Å²) in [6, 6.07) is 0. The van der Waals surface area contributed by atoms with E-state index >= 15 is 0 Å². The predicted molar refractivity (Wildman–Crippen MR) is 64.2 cm³/mol. The van der Waals surface area contributed by atoms with E-state index in [1.807, 2.05) is 0 Å². The van der Waals surface area contributed by atoms with E-state index in [2.05, 4.69) is 4.90 Å². The molecule has 1 saturated heterocycles. The van der Waals surface area contributed by atoms with Gasteiger partial charge in [0.2, 0.25) is 0 Å². The third-order valence-electron chi connectivity index (χ3n) is 4.99. The number of likely N-dealkylation sites (tertiary alicyclic amines) is 1. The van der Waals surface area contributed by atoms with Gasteiger partial charge in [-0.25, -0.2) is 0 Å². The zero-order chi connectivity index (χ0) is 11.0. The van der Waals surface area contributed by atoms with E-state index in [1.54, 1.807) is 0 Å². The first-order valence-electron chi connectivity index (χ1n) is 7.08. The number of hydrogen-bond acceptors (Lipinski definition) is 2. The number of ketones is 1. The van der Waals surface area contributed by atoms with Crippen LogP contribution in [0.1, 0.15) is 44.9 Å². The number of nitrogens with zero attached hydrogens (tertiary/aromatic N) is 1. The van der Waals surface area contributed by atoms with Gasteiger partial charge in [0.05, 0.1) is 6.54 Å². The summed E-state index contributed by atoms with van der Waals surface area (Å²) >= 11 is 0. The number of carbonyl (C=O) groups is 1. The third-order valence-corrected chi connectivity index (χ3v) is 4.99. The lowest BCUT2D eigenvalue weighted by molar-refractivity contribution is -0.123. The minimum atomic E-state index is 0.417. The Morgan fingerprint density at radius 1 is 0.938 bits per heavy atom. The lowest BCUT2D eigenvalue weighted by Gasteiger charge is -2.18. The van der Waals surface area contributed by atoms with Crippen molar-refractivity contribution in [3.63, 3.8) is 0 Å². The van der Waals surface area contributed by atoms with Gasteiger partial charge in [-0.15, -0.1) is 0 Å². The number of fused-ring (bicyclic) bond motifs is 1. The topological polar surface area (TPSA) is 20.3 Å². The van der Waals surface area contributed by atoms with Crippen LogP contribution in [-0.4, -0.2) is 30.3 Å². The minimum absolute atomic E-state index is 0.417. The van der Waals surface area contributed by atoms with E-state index in [-0.39, 0.29) is 0 Å². The van der Waals surface area contributed by atoms with Gasteiger partial charge in [-0.1, -0.05) is 19.3 Å². The molecule has 3 rings (SSSR count). The molecular weight excluding hydrogens is 198 g/mol. The van der Waals surface area contributed by atoms with Gasteiger partial charge in [-0.05, 0) is 37.5 Å². The summed E-state index contributed by atoms with van der Waals surface area (Å²) in [5.41, 5.74) is 0. The Labute approximate surface area is 98.4 Å². The van der Waals surface area contributed by atoms with Crippen LogP contribution in [0.2, 0.25) is 0 Å². The Kier molecular flexibility index (Phi) is 3.01. The molecule has 2 aliphatic carbocycles.